The average molecular weight is 484 g/mol. The Balaban J connectivity index is 1.53. The molecule has 10 nitrogen and oxygen atoms in total. The van der Waals surface area contributed by atoms with E-state index in [-0.39, 0.29) is 24.1 Å². The molecular weight excluding hydrogens is 458 g/mol. The van der Waals surface area contributed by atoms with E-state index in [4.69, 9.17) is 0 Å². The van der Waals surface area contributed by atoms with Crippen LogP contribution in [0.15, 0.2) is 60.8 Å². The van der Waals surface area contributed by atoms with E-state index in [1.807, 2.05) is 30.3 Å². The van der Waals surface area contributed by atoms with Crippen molar-refractivity contribution >= 4 is 21.6 Å². The SMILES string of the molecule is CS(=O)(=O)N1CCC(NC(=O)Cc2cn(-c3ccccc3)nc2-c2ccc([N+](=O)[O-])cc2)CC1. The number of rotatable bonds is 7. The minimum atomic E-state index is -3.23. The lowest BCUT2D eigenvalue weighted by Gasteiger charge is -2.30. The molecule has 1 fully saturated rings. The van der Waals surface area contributed by atoms with Gasteiger partial charge in [-0.2, -0.15) is 5.10 Å². The van der Waals surface area contributed by atoms with Gasteiger partial charge >= 0.3 is 0 Å². The third-order valence-corrected chi connectivity index (χ3v) is 7.10. The zero-order valence-electron chi connectivity index (χ0n) is 18.6. The molecule has 178 valence electrons. The minimum absolute atomic E-state index is 0.0222. The molecule has 0 atom stereocenters. The number of nitro groups is 1. The molecule has 1 saturated heterocycles. The van der Waals surface area contributed by atoms with Gasteiger partial charge < -0.3 is 5.32 Å². The van der Waals surface area contributed by atoms with Gasteiger partial charge in [0.15, 0.2) is 0 Å². The van der Waals surface area contributed by atoms with E-state index in [1.54, 1.807) is 23.0 Å². The summed E-state index contributed by atoms with van der Waals surface area (Å²) in [7, 11) is -3.23. The Morgan fingerprint density at radius 2 is 1.76 bits per heavy atom. The van der Waals surface area contributed by atoms with E-state index in [9.17, 15) is 23.3 Å². The first-order valence-electron chi connectivity index (χ1n) is 10.8. The molecular formula is C23H25N5O5S. The number of nitro benzene ring substituents is 1. The summed E-state index contributed by atoms with van der Waals surface area (Å²) >= 11 is 0. The number of amides is 1. The first-order valence-corrected chi connectivity index (χ1v) is 12.7. The number of hydrogen-bond donors (Lipinski definition) is 1. The van der Waals surface area contributed by atoms with Crippen LogP contribution in [-0.2, 0) is 21.2 Å². The summed E-state index contributed by atoms with van der Waals surface area (Å²) in [5.74, 6) is -0.187. The van der Waals surface area contributed by atoms with Crippen molar-refractivity contribution in [2.75, 3.05) is 19.3 Å². The maximum Gasteiger partial charge on any atom is 0.269 e. The lowest BCUT2D eigenvalue weighted by atomic mass is 10.0. The van der Waals surface area contributed by atoms with Crippen LogP contribution in [0.2, 0.25) is 0 Å². The normalized spacial score (nSPS) is 15.2. The number of para-hydroxylation sites is 1. The van der Waals surface area contributed by atoms with Gasteiger partial charge in [-0.15, -0.1) is 0 Å². The maximum atomic E-state index is 12.9. The molecule has 11 heteroatoms. The molecule has 0 saturated carbocycles. The molecule has 0 radical (unpaired) electrons. The first-order chi connectivity index (χ1) is 16.2. The number of benzene rings is 2. The van der Waals surface area contributed by atoms with Crippen LogP contribution in [0, 0.1) is 10.1 Å². The molecule has 0 aliphatic carbocycles. The molecule has 1 aromatic heterocycles. The average Bonchev–Trinajstić information content (AvgIpc) is 3.23. The van der Waals surface area contributed by atoms with Crippen molar-refractivity contribution in [3.05, 3.63) is 76.5 Å². The molecule has 0 spiro atoms. The Morgan fingerprint density at radius 1 is 1.12 bits per heavy atom. The van der Waals surface area contributed by atoms with Gasteiger partial charge in [0.2, 0.25) is 15.9 Å². The van der Waals surface area contributed by atoms with Crippen molar-refractivity contribution in [3.63, 3.8) is 0 Å². The Labute approximate surface area is 197 Å². The first kappa shape index (κ1) is 23.6. The lowest BCUT2D eigenvalue weighted by molar-refractivity contribution is -0.384. The van der Waals surface area contributed by atoms with Gasteiger partial charge in [-0.3, -0.25) is 14.9 Å². The van der Waals surface area contributed by atoms with Gasteiger partial charge in [0.1, 0.15) is 0 Å². The molecule has 1 N–H and O–H groups in total. The molecule has 1 amide bonds. The number of sulfonamides is 1. The summed E-state index contributed by atoms with van der Waals surface area (Å²) in [6, 6.07) is 15.4. The Bertz CT molecular complexity index is 1280. The highest BCUT2D eigenvalue weighted by Gasteiger charge is 2.26. The standard InChI is InChI=1S/C23H25N5O5S/c1-34(32,33)26-13-11-19(12-14-26)24-22(29)15-18-16-27(20-5-3-2-4-6-20)25-23(18)17-7-9-21(10-8-17)28(30)31/h2-10,16,19H,11-15H2,1H3,(H,24,29). The highest BCUT2D eigenvalue weighted by atomic mass is 32.2. The number of nitrogens with one attached hydrogen (secondary N) is 1. The lowest BCUT2D eigenvalue weighted by Crippen LogP contribution is -2.46. The van der Waals surface area contributed by atoms with Gasteiger partial charge in [-0.1, -0.05) is 18.2 Å². The topological polar surface area (TPSA) is 127 Å². The molecule has 1 aliphatic heterocycles. The van der Waals surface area contributed by atoms with Crippen molar-refractivity contribution < 1.29 is 18.1 Å². The summed E-state index contributed by atoms with van der Waals surface area (Å²) in [6.45, 7) is 0.757. The summed E-state index contributed by atoms with van der Waals surface area (Å²) < 4.78 is 26.5. The van der Waals surface area contributed by atoms with Gasteiger partial charge in [0.05, 0.1) is 29.0 Å². The van der Waals surface area contributed by atoms with Crippen molar-refractivity contribution in [2.24, 2.45) is 0 Å². The molecule has 4 rings (SSSR count). The second-order valence-corrected chi connectivity index (χ2v) is 10.3. The highest BCUT2D eigenvalue weighted by molar-refractivity contribution is 7.88. The van der Waals surface area contributed by atoms with Gasteiger partial charge in [0, 0.05) is 48.6 Å². The number of carbonyl (C=O) groups excluding carboxylic acids is 1. The number of non-ortho nitro benzene ring substituents is 1. The third-order valence-electron chi connectivity index (χ3n) is 5.80. The summed E-state index contributed by atoms with van der Waals surface area (Å²) in [5, 5.41) is 18.7. The maximum absolute atomic E-state index is 12.9. The van der Waals surface area contributed by atoms with Crippen LogP contribution >= 0.6 is 0 Å². The Hall–Kier alpha value is -3.57. The number of aromatic nitrogens is 2. The number of carbonyl (C=O) groups is 1. The highest BCUT2D eigenvalue weighted by Crippen LogP contribution is 2.26. The van der Waals surface area contributed by atoms with E-state index in [0.29, 0.717) is 42.8 Å². The third kappa shape index (κ3) is 5.49. The largest absolute Gasteiger partial charge is 0.353 e. The van der Waals surface area contributed by atoms with Crippen molar-refractivity contribution in [2.45, 2.75) is 25.3 Å². The zero-order valence-corrected chi connectivity index (χ0v) is 19.4. The Kier molecular flexibility index (Phi) is 6.75. The monoisotopic (exact) mass is 483 g/mol. The van der Waals surface area contributed by atoms with Gasteiger partial charge in [-0.05, 0) is 37.1 Å². The van der Waals surface area contributed by atoms with Crippen LogP contribution in [0.3, 0.4) is 0 Å². The minimum Gasteiger partial charge on any atom is -0.353 e. The molecule has 34 heavy (non-hydrogen) atoms. The Morgan fingerprint density at radius 3 is 2.35 bits per heavy atom. The summed E-state index contributed by atoms with van der Waals surface area (Å²) in [5.41, 5.74) is 2.73. The van der Waals surface area contributed by atoms with Crippen LogP contribution in [0.1, 0.15) is 18.4 Å². The summed E-state index contributed by atoms with van der Waals surface area (Å²) in [6.07, 6.45) is 4.16. The predicted octanol–water partition coefficient (Wildman–Crippen LogP) is 2.53. The molecule has 3 aromatic rings. The van der Waals surface area contributed by atoms with Crippen molar-refractivity contribution in [3.8, 4) is 16.9 Å². The number of hydrogen-bond acceptors (Lipinski definition) is 6. The van der Waals surface area contributed by atoms with Gasteiger partial charge in [0.25, 0.3) is 5.69 Å². The van der Waals surface area contributed by atoms with Crippen LogP contribution < -0.4 is 5.32 Å². The van der Waals surface area contributed by atoms with Crippen LogP contribution in [0.25, 0.3) is 16.9 Å². The second-order valence-electron chi connectivity index (χ2n) is 8.27. The fourth-order valence-corrected chi connectivity index (χ4v) is 4.89. The fraction of sp³-hybridized carbons (Fsp3) is 0.304. The van der Waals surface area contributed by atoms with Crippen molar-refractivity contribution in [1.82, 2.24) is 19.4 Å². The number of nitrogens with zero attached hydrogens (tertiary/aromatic N) is 4. The quantitative estimate of drug-likeness (QED) is 0.406. The second kappa shape index (κ2) is 9.74. The van der Waals surface area contributed by atoms with Crippen molar-refractivity contribution in [1.29, 1.82) is 0 Å². The van der Waals surface area contributed by atoms with Crippen LogP contribution in [0.5, 0.6) is 0 Å². The summed E-state index contributed by atoms with van der Waals surface area (Å²) in [4.78, 5) is 23.4. The molecule has 2 heterocycles. The van der Waals surface area contributed by atoms with Crippen LogP contribution in [0.4, 0.5) is 5.69 Å². The van der Waals surface area contributed by atoms with Crippen LogP contribution in [-0.4, -0.2) is 58.7 Å². The van der Waals surface area contributed by atoms with E-state index in [2.05, 4.69) is 10.4 Å². The van der Waals surface area contributed by atoms with E-state index in [0.717, 1.165) is 5.69 Å². The molecule has 0 bridgehead atoms. The van der Waals surface area contributed by atoms with Gasteiger partial charge in [-0.25, -0.2) is 17.4 Å². The number of piperidine rings is 1. The smallest absolute Gasteiger partial charge is 0.269 e. The molecule has 2 aromatic carbocycles. The molecule has 0 unspecified atom stereocenters. The van der Waals surface area contributed by atoms with E-state index >= 15 is 0 Å². The van der Waals surface area contributed by atoms with E-state index in [1.165, 1.54) is 22.7 Å². The van der Waals surface area contributed by atoms with E-state index < -0.39 is 14.9 Å². The predicted molar refractivity (Wildman–Crippen MR) is 127 cm³/mol. The molecule has 1 aliphatic rings. The zero-order chi connectivity index (χ0) is 24.3. The fourth-order valence-electron chi connectivity index (χ4n) is 4.02.